The highest BCUT2D eigenvalue weighted by Gasteiger charge is 2.07. The zero-order valence-corrected chi connectivity index (χ0v) is 12.0. The van der Waals surface area contributed by atoms with Gasteiger partial charge in [-0.2, -0.15) is 0 Å². The summed E-state index contributed by atoms with van der Waals surface area (Å²) in [5.41, 5.74) is 2.84. The summed E-state index contributed by atoms with van der Waals surface area (Å²) in [4.78, 5) is 20.1. The van der Waals surface area contributed by atoms with Crippen LogP contribution in [0, 0.1) is 0 Å². The maximum atomic E-state index is 12.0. The van der Waals surface area contributed by atoms with Gasteiger partial charge in [0.2, 0.25) is 5.91 Å². The Hall–Kier alpha value is -2.53. The molecule has 5 heteroatoms. The zero-order chi connectivity index (χ0) is 14.5. The molecule has 1 amide bonds. The highest BCUT2D eigenvalue weighted by molar-refractivity contribution is 7.14. The van der Waals surface area contributed by atoms with Crippen molar-refractivity contribution in [2.45, 2.75) is 6.42 Å². The van der Waals surface area contributed by atoms with E-state index in [-0.39, 0.29) is 5.91 Å². The lowest BCUT2D eigenvalue weighted by Crippen LogP contribution is -2.13. The number of aromatic nitrogens is 2. The summed E-state index contributed by atoms with van der Waals surface area (Å²) < 4.78 is 0. The topological polar surface area (TPSA) is 54.9 Å². The third-order valence-electron chi connectivity index (χ3n) is 2.95. The second-order valence-corrected chi connectivity index (χ2v) is 5.42. The molecular formula is C16H13N3OS. The Bertz CT molecular complexity index is 726. The first-order chi connectivity index (χ1) is 10.3. The first kappa shape index (κ1) is 13.5. The van der Waals surface area contributed by atoms with E-state index >= 15 is 0 Å². The Balaban J connectivity index is 1.66. The molecule has 3 aromatic rings. The van der Waals surface area contributed by atoms with Gasteiger partial charge in [-0.3, -0.25) is 4.79 Å². The van der Waals surface area contributed by atoms with Crippen LogP contribution in [0.1, 0.15) is 5.56 Å². The van der Waals surface area contributed by atoms with Gasteiger partial charge >= 0.3 is 0 Å². The number of rotatable bonds is 4. The molecule has 0 radical (unpaired) electrons. The van der Waals surface area contributed by atoms with Crippen LogP contribution in [-0.4, -0.2) is 15.9 Å². The van der Waals surface area contributed by atoms with Crippen molar-refractivity contribution in [3.63, 3.8) is 0 Å². The minimum atomic E-state index is -0.0164. The molecule has 21 heavy (non-hydrogen) atoms. The minimum Gasteiger partial charge on any atom is -0.317 e. The van der Waals surface area contributed by atoms with Gasteiger partial charge in [0.05, 0.1) is 17.1 Å². The van der Waals surface area contributed by atoms with Crippen molar-refractivity contribution in [2.75, 3.05) is 5.32 Å². The number of nitrogens with one attached hydrogen (secondary N) is 1. The number of anilines is 1. The lowest BCUT2D eigenvalue weighted by molar-refractivity contribution is -0.115. The Morgan fingerprint density at radius 1 is 1.19 bits per heavy atom. The van der Waals surface area contributed by atoms with Gasteiger partial charge in [-0.1, -0.05) is 30.3 Å². The molecule has 3 rings (SSSR count). The van der Waals surface area contributed by atoms with Crippen LogP contribution in [-0.2, 0) is 11.2 Å². The van der Waals surface area contributed by atoms with Gasteiger partial charge < -0.3 is 5.32 Å². The molecule has 1 N–H and O–H groups in total. The first-order valence-corrected chi connectivity index (χ1v) is 7.38. The molecule has 0 fully saturated rings. The Morgan fingerprint density at radius 2 is 2.05 bits per heavy atom. The van der Waals surface area contributed by atoms with Gasteiger partial charge in [-0.15, -0.1) is 11.3 Å². The summed E-state index contributed by atoms with van der Waals surface area (Å²) in [6.45, 7) is 0. The molecular weight excluding hydrogens is 282 g/mol. The number of carbonyl (C=O) groups is 1. The standard InChI is InChI=1S/C16H13N3OS/c20-15(8-12-4-2-1-3-5-12)19-16-9-13(10-21-16)14-6-7-17-11-18-14/h1-7,9-11H,8H2,(H,19,20). The van der Waals surface area contributed by atoms with Gasteiger partial charge in [0.15, 0.2) is 0 Å². The van der Waals surface area contributed by atoms with Gasteiger partial charge in [-0.25, -0.2) is 9.97 Å². The summed E-state index contributed by atoms with van der Waals surface area (Å²) in [5.74, 6) is -0.0164. The molecule has 0 atom stereocenters. The van der Waals surface area contributed by atoms with E-state index in [2.05, 4.69) is 15.3 Å². The van der Waals surface area contributed by atoms with E-state index < -0.39 is 0 Å². The SMILES string of the molecule is O=C(Cc1ccccc1)Nc1cc(-c2ccncn2)cs1. The molecule has 2 aromatic heterocycles. The predicted molar refractivity (Wildman–Crippen MR) is 84.1 cm³/mol. The van der Waals surface area contributed by atoms with Crippen LogP contribution >= 0.6 is 11.3 Å². The molecule has 0 saturated heterocycles. The number of nitrogens with zero attached hydrogens (tertiary/aromatic N) is 2. The average Bonchev–Trinajstić information content (AvgIpc) is 2.97. The molecule has 0 aliphatic heterocycles. The van der Waals surface area contributed by atoms with Crippen LogP contribution in [0.3, 0.4) is 0 Å². The van der Waals surface area contributed by atoms with Crippen molar-refractivity contribution >= 4 is 22.2 Å². The fourth-order valence-electron chi connectivity index (χ4n) is 1.96. The van der Waals surface area contributed by atoms with Crippen molar-refractivity contribution < 1.29 is 4.79 Å². The van der Waals surface area contributed by atoms with E-state index in [1.165, 1.54) is 17.7 Å². The number of carbonyl (C=O) groups excluding carboxylic acids is 1. The Kier molecular flexibility index (Phi) is 4.02. The predicted octanol–water partition coefficient (Wildman–Crippen LogP) is 3.39. The molecule has 0 bridgehead atoms. The monoisotopic (exact) mass is 295 g/mol. The van der Waals surface area contributed by atoms with E-state index in [4.69, 9.17) is 0 Å². The molecule has 2 heterocycles. The molecule has 1 aromatic carbocycles. The number of hydrogen-bond acceptors (Lipinski definition) is 4. The normalized spacial score (nSPS) is 10.3. The van der Waals surface area contributed by atoms with Crippen LogP contribution < -0.4 is 5.32 Å². The summed E-state index contributed by atoms with van der Waals surface area (Å²) >= 11 is 1.49. The highest BCUT2D eigenvalue weighted by Crippen LogP contribution is 2.27. The molecule has 104 valence electrons. The average molecular weight is 295 g/mol. The maximum absolute atomic E-state index is 12.0. The van der Waals surface area contributed by atoms with E-state index in [0.29, 0.717) is 6.42 Å². The van der Waals surface area contributed by atoms with Crippen molar-refractivity contribution in [2.24, 2.45) is 0 Å². The van der Waals surface area contributed by atoms with Gasteiger partial charge in [0.25, 0.3) is 0 Å². The second kappa shape index (κ2) is 6.28. The van der Waals surface area contributed by atoms with Crippen molar-refractivity contribution in [3.05, 3.63) is 65.9 Å². The van der Waals surface area contributed by atoms with E-state index in [9.17, 15) is 4.79 Å². The third-order valence-corrected chi connectivity index (χ3v) is 3.79. The summed E-state index contributed by atoms with van der Waals surface area (Å²) in [6.07, 6.45) is 3.59. The summed E-state index contributed by atoms with van der Waals surface area (Å²) in [6, 6.07) is 13.5. The lowest BCUT2D eigenvalue weighted by atomic mass is 10.1. The first-order valence-electron chi connectivity index (χ1n) is 6.50. The number of thiophene rings is 1. The zero-order valence-electron chi connectivity index (χ0n) is 11.2. The molecule has 0 unspecified atom stereocenters. The fraction of sp³-hybridized carbons (Fsp3) is 0.0625. The smallest absolute Gasteiger partial charge is 0.229 e. The van der Waals surface area contributed by atoms with Crippen molar-refractivity contribution in [3.8, 4) is 11.3 Å². The molecule has 0 aliphatic carbocycles. The fourth-order valence-corrected chi connectivity index (χ4v) is 2.77. The van der Waals surface area contributed by atoms with Crippen LogP contribution in [0.2, 0.25) is 0 Å². The summed E-state index contributed by atoms with van der Waals surface area (Å²) in [7, 11) is 0. The summed E-state index contributed by atoms with van der Waals surface area (Å²) in [5, 5.41) is 5.71. The van der Waals surface area contributed by atoms with E-state index in [1.807, 2.05) is 47.8 Å². The van der Waals surface area contributed by atoms with E-state index in [1.54, 1.807) is 6.20 Å². The van der Waals surface area contributed by atoms with Gasteiger partial charge in [0, 0.05) is 17.1 Å². The number of hydrogen-bond donors (Lipinski definition) is 1. The minimum absolute atomic E-state index is 0.0164. The molecule has 0 spiro atoms. The second-order valence-electron chi connectivity index (χ2n) is 4.50. The van der Waals surface area contributed by atoms with Crippen molar-refractivity contribution in [1.29, 1.82) is 0 Å². The molecule has 0 aliphatic rings. The quantitative estimate of drug-likeness (QED) is 0.802. The highest BCUT2D eigenvalue weighted by atomic mass is 32.1. The van der Waals surface area contributed by atoms with Gasteiger partial charge in [0.1, 0.15) is 6.33 Å². The Labute approximate surface area is 126 Å². The molecule has 4 nitrogen and oxygen atoms in total. The van der Waals surface area contributed by atoms with E-state index in [0.717, 1.165) is 21.8 Å². The largest absolute Gasteiger partial charge is 0.317 e. The lowest BCUT2D eigenvalue weighted by Gasteiger charge is -2.02. The van der Waals surface area contributed by atoms with Crippen LogP contribution in [0.25, 0.3) is 11.3 Å². The third kappa shape index (κ3) is 3.52. The van der Waals surface area contributed by atoms with Crippen LogP contribution in [0.5, 0.6) is 0 Å². The Morgan fingerprint density at radius 3 is 2.81 bits per heavy atom. The maximum Gasteiger partial charge on any atom is 0.229 e. The van der Waals surface area contributed by atoms with Gasteiger partial charge in [-0.05, 0) is 17.7 Å². The van der Waals surface area contributed by atoms with Crippen LogP contribution in [0.15, 0.2) is 60.4 Å². The number of amides is 1. The van der Waals surface area contributed by atoms with Crippen LogP contribution in [0.4, 0.5) is 5.00 Å². The number of benzene rings is 1. The molecule has 0 saturated carbocycles. The van der Waals surface area contributed by atoms with Crippen molar-refractivity contribution in [1.82, 2.24) is 9.97 Å².